The number of hydrogen-bond donors (Lipinski definition) is 0. The summed E-state index contributed by atoms with van der Waals surface area (Å²) < 4.78 is 5.57. The van der Waals surface area contributed by atoms with Crippen molar-refractivity contribution in [3.05, 3.63) is 70.3 Å². The molecule has 0 aromatic heterocycles. The monoisotopic (exact) mass is 845 g/mol. The minimum absolute atomic E-state index is 0.0523. The Hall–Kier alpha value is -2.09. The summed E-state index contributed by atoms with van der Waals surface area (Å²) in [5.74, 6) is 32.5. The number of methoxy groups -OCH3 is 1. The average molecular weight is 845 g/mol. The van der Waals surface area contributed by atoms with Crippen LogP contribution in [0.1, 0.15) is 89.0 Å². The van der Waals surface area contributed by atoms with Crippen molar-refractivity contribution in [2.75, 3.05) is 7.11 Å². The summed E-state index contributed by atoms with van der Waals surface area (Å²) in [6, 6.07) is 12.9. The normalized spacial score (nSPS) is 71.5. The highest BCUT2D eigenvalue weighted by Crippen LogP contribution is 3.06. The Morgan fingerprint density at radius 1 is 0.562 bits per heavy atom. The largest absolute Gasteiger partial charge is 0.469 e. The lowest BCUT2D eigenvalue weighted by Gasteiger charge is -2.78. The first kappa shape index (κ1) is 33.4. The van der Waals surface area contributed by atoms with Crippen molar-refractivity contribution in [3.63, 3.8) is 0 Å². The Kier molecular flexibility index (Phi) is 5.01. The van der Waals surface area contributed by atoms with Crippen LogP contribution in [-0.4, -0.2) is 13.1 Å². The van der Waals surface area contributed by atoms with Gasteiger partial charge in [0.25, 0.3) is 0 Å². The number of fused-ring (bicyclic) bond motifs is 1. The first-order valence-corrected chi connectivity index (χ1v) is 28.9. The fourth-order valence-electron chi connectivity index (χ4n) is 32.9. The van der Waals surface area contributed by atoms with Gasteiger partial charge in [-0.05, 0) is 277 Å². The first-order chi connectivity index (χ1) is 31.6. The fourth-order valence-corrected chi connectivity index (χ4v) is 32.9. The van der Waals surface area contributed by atoms with Crippen LogP contribution in [0.25, 0.3) is 0 Å². The van der Waals surface area contributed by atoms with Crippen molar-refractivity contribution in [2.24, 2.45) is 200 Å². The summed E-state index contributed by atoms with van der Waals surface area (Å²) in [5.41, 5.74) is 11.6. The summed E-state index contributed by atoms with van der Waals surface area (Å²) in [6.45, 7) is 0. The van der Waals surface area contributed by atoms with E-state index < -0.39 is 0 Å². The van der Waals surface area contributed by atoms with Gasteiger partial charge in [0.2, 0.25) is 0 Å². The molecule has 35 unspecified atom stereocenters. The third-order valence-corrected chi connectivity index (χ3v) is 30.9. The summed E-state index contributed by atoms with van der Waals surface area (Å²) in [5, 5.41) is 0. The van der Waals surface area contributed by atoms with Crippen molar-refractivity contribution in [2.45, 2.75) is 88.9 Å². The third kappa shape index (κ3) is 2.65. The molecule has 0 N–H and O–H groups in total. The molecule has 0 bridgehead atoms. The summed E-state index contributed by atoms with van der Waals surface area (Å²) in [6.07, 6.45) is 24.7. The van der Waals surface area contributed by atoms with Gasteiger partial charge >= 0.3 is 5.97 Å². The van der Waals surface area contributed by atoms with E-state index in [1.807, 2.05) is 0 Å². The molecular formula is C62H68O2. The van der Waals surface area contributed by atoms with E-state index in [2.05, 4.69) is 64.8 Å². The number of carbonyl (C=O) groups is 1. The molecule has 17 fully saturated rings. The van der Waals surface area contributed by atoms with Gasteiger partial charge in [-0.2, -0.15) is 0 Å². The van der Waals surface area contributed by atoms with Gasteiger partial charge in [0, 0.05) is 17.3 Å². The Morgan fingerprint density at radius 2 is 1.23 bits per heavy atom. The van der Waals surface area contributed by atoms with Crippen molar-refractivity contribution >= 4 is 5.97 Å². The van der Waals surface area contributed by atoms with Gasteiger partial charge < -0.3 is 4.74 Å². The minimum Gasteiger partial charge on any atom is -0.469 e. The topological polar surface area (TPSA) is 26.3 Å². The molecule has 22 rings (SSSR count). The van der Waals surface area contributed by atoms with E-state index in [4.69, 9.17) is 4.74 Å². The number of ether oxygens (including phenoxy) is 1. The molecule has 0 saturated heterocycles. The molecule has 2 heteroatoms. The maximum atomic E-state index is 13.5. The summed E-state index contributed by atoms with van der Waals surface area (Å²) in [7, 11) is 1.67. The molecule has 0 heterocycles. The molecule has 0 aliphatic heterocycles. The van der Waals surface area contributed by atoms with Crippen LogP contribution >= 0.6 is 0 Å². The summed E-state index contributed by atoms with van der Waals surface area (Å²) >= 11 is 0. The van der Waals surface area contributed by atoms with E-state index in [-0.39, 0.29) is 11.4 Å². The van der Waals surface area contributed by atoms with Crippen LogP contribution in [0.4, 0.5) is 0 Å². The average Bonchev–Trinajstić information content (AvgIpc) is 3.63. The van der Waals surface area contributed by atoms with Crippen molar-refractivity contribution in [1.29, 1.82) is 0 Å². The number of benzene rings is 1. The van der Waals surface area contributed by atoms with Gasteiger partial charge in [-0.25, -0.2) is 0 Å². The van der Waals surface area contributed by atoms with Crippen LogP contribution in [0.3, 0.4) is 0 Å². The molecule has 21 aliphatic carbocycles. The molecule has 2 spiro atoms. The zero-order chi connectivity index (χ0) is 40.3. The highest BCUT2D eigenvalue weighted by atomic mass is 16.5. The molecule has 0 radical (unpaired) electrons. The van der Waals surface area contributed by atoms with Crippen molar-refractivity contribution in [3.8, 4) is 0 Å². The fraction of sp³-hybridized carbons (Fsp3) is 0.790. The van der Waals surface area contributed by atoms with Crippen LogP contribution in [0.5, 0.6) is 0 Å². The van der Waals surface area contributed by atoms with Crippen molar-refractivity contribution < 1.29 is 9.53 Å². The van der Waals surface area contributed by atoms with Gasteiger partial charge in [-0.1, -0.05) is 64.8 Å². The number of carbonyl (C=O) groups excluding carboxylic acids is 1. The Balaban J connectivity index is 0.920. The predicted molar refractivity (Wildman–Crippen MR) is 240 cm³/mol. The zero-order valence-electron chi connectivity index (χ0n) is 38.0. The SMILES string of the molecule is COC(=O)CCCC1(c2ccccc2)C23C4=C5C6C=CC4CC4CCC7CC8CC9=C%10C%11C(C9)CC9CC%12C%13CC(C6)C6C5C5C%14C%15C6C%13C%12C6C9C%11C(C9C%10C8C(C7C42)C(C9%14)C513)C6%15. The van der Waals surface area contributed by atoms with E-state index in [0.717, 1.165) is 190 Å². The van der Waals surface area contributed by atoms with Gasteiger partial charge in [0.1, 0.15) is 0 Å². The third-order valence-electron chi connectivity index (χ3n) is 30.9. The lowest BCUT2D eigenvalue weighted by molar-refractivity contribution is -0.300. The molecule has 17 saturated carbocycles. The number of allylic oxidation sites excluding steroid dienone is 6. The van der Waals surface area contributed by atoms with Gasteiger partial charge in [0.05, 0.1) is 7.11 Å². The predicted octanol–water partition coefficient (Wildman–Crippen LogP) is 11.3. The standard InChI is InChI=1S/C62H68O2/c1-64-34(63)8-5-13-60(31-6-3-2-4-7-31)61-56-24-11-9-22-14-26-17-27-18-28-19-30-21-33-32-20-29-15-23-10-12-25(16-24)57(61)41(23)53-39(29)47-43(32)42(33)46-37(30)44-35(28)36(27)45-38(26)52(40(22)56)58-54-50(45)48(44)49(46)51(47)55(54)59(53)62(58,60)61/h2-4,6-7,10,12,22-26,28-30,32-33,35,37-40,42-56,58-59H,5,8-9,11,13-21H2,1H3. The first-order valence-electron chi connectivity index (χ1n) is 28.9. The summed E-state index contributed by atoms with van der Waals surface area (Å²) in [4.78, 5) is 13.5. The van der Waals surface area contributed by atoms with Crippen LogP contribution in [0.2, 0.25) is 0 Å². The lowest BCUT2D eigenvalue weighted by Crippen LogP contribution is -2.74. The molecule has 0 amide bonds. The van der Waals surface area contributed by atoms with Gasteiger partial charge in [-0.15, -0.1) is 0 Å². The smallest absolute Gasteiger partial charge is 0.305 e. The van der Waals surface area contributed by atoms with Crippen LogP contribution in [-0.2, 0) is 14.9 Å². The van der Waals surface area contributed by atoms with E-state index in [1.165, 1.54) is 25.7 Å². The molecule has 1 aromatic rings. The molecular weight excluding hydrogens is 777 g/mol. The van der Waals surface area contributed by atoms with Crippen LogP contribution < -0.4 is 0 Å². The van der Waals surface area contributed by atoms with E-state index in [0.29, 0.717) is 23.2 Å². The lowest BCUT2D eigenvalue weighted by atomic mass is 9.26. The van der Waals surface area contributed by atoms with E-state index in [9.17, 15) is 4.79 Å². The Morgan fingerprint density at radius 3 is 2.11 bits per heavy atom. The Labute approximate surface area is 380 Å². The second kappa shape index (κ2) is 9.60. The van der Waals surface area contributed by atoms with Gasteiger partial charge in [0.15, 0.2) is 0 Å². The number of hydrogen-bond acceptors (Lipinski definition) is 2. The van der Waals surface area contributed by atoms with Gasteiger partial charge in [-0.3, -0.25) is 4.79 Å². The van der Waals surface area contributed by atoms with Crippen molar-refractivity contribution in [1.82, 2.24) is 0 Å². The molecule has 35 atom stereocenters. The second-order valence-electron chi connectivity index (χ2n) is 29.6. The molecule has 21 aliphatic rings. The Bertz CT molecular complexity index is 2650. The molecule has 2 nitrogen and oxygen atoms in total. The van der Waals surface area contributed by atoms with Crippen LogP contribution in [0, 0.1) is 200 Å². The highest BCUT2D eigenvalue weighted by molar-refractivity contribution is 5.70. The maximum Gasteiger partial charge on any atom is 0.305 e. The highest BCUT2D eigenvalue weighted by Gasteiger charge is 3.04. The number of esters is 1. The minimum atomic E-state index is 0.0523. The van der Waals surface area contributed by atoms with Crippen LogP contribution in [0.15, 0.2) is 64.8 Å². The molecule has 1 aromatic carbocycles. The maximum absolute atomic E-state index is 13.5. The molecule has 328 valence electrons. The number of rotatable bonds is 5. The second-order valence-corrected chi connectivity index (χ2v) is 29.6. The molecule has 64 heavy (non-hydrogen) atoms. The van der Waals surface area contributed by atoms with E-state index in [1.54, 1.807) is 57.6 Å². The zero-order valence-corrected chi connectivity index (χ0v) is 38.0. The van der Waals surface area contributed by atoms with E-state index >= 15 is 0 Å². The quantitative estimate of drug-likeness (QED) is 0.218.